The Bertz CT molecular complexity index is 1200. The molecular weight excluding hydrogens is 448 g/mol. The maximum Gasteiger partial charge on any atom is 0.251 e. The van der Waals surface area contributed by atoms with Crippen LogP contribution >= 0.6 is 0 Å². The summed E-state index contributed by atoms with van der Waals surface area (Å²) in [5, 5.41) is 5.81. The maximum atomic E-state index is 12.9. The van der Waals surface area contributed by atoms with Gasteiger partial charge in [-0.15, -0.1) is 0 Å². The quantitative estimate of drug-likeness (QED) is 0.321. The smallest absolute Gasteiger partial charge is 0.251 e. The Hall–Kier alpha value is -4.51. The van der Waals surface area contributed by atoms with Gasteiger partial charge in [-0.2, -0.15) is 0 Å². The molecule has 0 heterocycles. The third-order valence-electron chi connectivity index (χ3n) is 5.90. The van der Waals surface area contributed by atoms with E-state index in [0.717, 1.165) is 24.0 Å². The maximum absolute atomic E-state index is 12.9. The Morgan fingerprint density at radius 1 is 0.444 bits per heavy atom. The second kappa shape index (κ2) is 12.3. The number of carbonyl (C=O) groups is 3. The number of hydrogen-bond acceptors (Lipinski definition) is 3. The molecule has 0 fully saturated rings. The summed E-state index contributed by atoms with van der Waals surface area (Å²) in [6.45, 7) is 1.07. The molecule has 0 aliphatic rings. The van der Waals surface area contributed by atoms with Gasteiger partial charge in [0.2, 0.25) is 0 Å². The summed E-state index contributed by atoms with van der Waals surface area (Å²) in [6.07, 6.45) is 1.51. The van der Waals surface area contributed by atoms with Gasteiger partial charge in [0, 0.05) is 35.3 Å². The highest BCUT2D eigenvalue weighted by Gasteiger charge is 2.12. The lowest BCUT2D eigenvalue weighted by atomic mass is 10.0. The molecule has 0 atom stereocenters. The van der Waals surface area contributed by atoms with Crippen molar-refractivity contribution in [1.82, 2.24) is 10.6 Å². The van der Waals surface area contributed by atoms with Crippen molar-refractivity contribution in [2.45, 2.75) is 12.8 Å². The molecule has 0 saturated carbocycles. The van der Waals surface area contributed by atoms with Gasteiger partial charge in [0.1, 0.15) is 0 Å². The molecule has 2 N–H and O–H groups in total. The second-order valence-electron chi connectivity index (χ2n) is 8.47. The number of carbonyl (C=O) groups excluding carboxylic acids is 3. The van der Waals surface area contributed by atoms with E-state index in [0.29, 0.717) is 35.3 Å². The van der Waals surface area contributed by atoms with Crippen LogP contribution in [0.25, 0.3) is 0 Å². The lowest BCUT2D eigenvalue weighted by Gasteiger charge is -2.08. The average Bonchev–Trinajstić information content (AvgIpc) is 2.94. The summed E-state index contributed by atoms with van der Waals surface area (Å²) < 4.78 is 0. The Morgan fingerprint density at radius 2 is 0.778 bits per heavy atom. The van der Waals surface area contributed by atoms with E-state index in [1.54, 1.807) is 48.5 Å². The molecule has 5 nitrogen and oxygen atoms in total. The van der Waals surface area contributed by atoms with E-state index in [1.165, 1.54) is 0 Å². The first-order valence-corrected chi connectivity index (χ1v) is 12.0. The van der Waals surface area contributed by atoms with Crippen LogP contribution in [-0.2, 0) is 12.8 Å². The van der Waals surface area contributed by atoms with Gasteiger partial charge >= 0.3 is 0 Å². The van der Waals surface area contributed by atoms with Crippen LogP contribution in [0.4, 0.5) is 0 Å². The summed E-state index contributed by atoms with van der Waals surface area (Å²) >= 11 is 0. The largest absolute Gasteiger partial charge is 0.352 e. The fraction of sp³-hybridized carbons (Fsp3) is 0.129. The monoisotopic (exact) mass is 476 g/mol. The molecule has 0 bridgehead atoms. The van der Waals surface area contributed by atoms with Crippen molar-refractivity contribution >= 4 is 17.6 Å². The van der Waals surface area contributed by atoms with E-state index < -0.39 is 0 Å². The van der Waals surface area contributed by atoms with Crippen LogP contribution in [0.15, 0.2) is 109 Å². The van der Waals surface area contributed by atoms with Crippen LogP contribution < -0.4 is 10.6 Å². The standard InChI is InChI=1S/C31H28N2O3/c34-29(25-11-15-27(16-12-25)30(35)32-21-19-23-7-3-1-4-8-23)26-13-17-28(18-14-26)31(36)33-22-20-24-9-5-2-6-10-24/h1-18H,19-22H2,(H,32,35)(H,33,36). The van der Waals surface area contributed by atoms with Crippen LogP contribution in [0, 0.1) is 0 Å². The first-order valence-electron chi connectivity index (χ1n) is 12.0. The van der Waals surface area contributed by atoms with Crippen LogP contribution in [0.5, 0.6) is 0 Å². The second-order valence-corrected chi connectivity index (χ2v) is 8.47. The Balaban J connectivity index is 1.27. The Morgan fingerprint density at radius 3 is 1.14 bits per heavy atom. The lowest BCUT2D eigenvalue weighted by molar-refractivity contribution is 0.0946. The Kier molecular flexibility index (Phi) is 8.39. The molecule has 2 amide bonds. The zero-order valence-corrected chi connectivity index (χ0v) is 19.9. The predicted molar refractivity (Wildman–Crippen MR) is 141 cm³/mol. The summed E-state index contributed by atoms with van der Waals surface area (Å²) in [6, 6.07) is 33.1. The molecule has 4 aromatic carbocycles. The highest BCUT2D eigenvalue weighted by atomic mass is 16.2. The van der Waals surface area contributed by atoms with Crippen LogP contribution in [0.3, 0.4) is 0 Å². The first-order chi connectivity index (χ1) is 17.6. The minimum atomic E-state index is -0.174. The van der Waals surface area contributed by atoms with Crippen molar-refractivity contribution < 1.29 is 14.4 Å². The van der Waals surface area contributed by atoms with E-state index in [-0.39, 0.29) is 17.6 Å². The molecule has 0 aromatic heterocycles. The Labute approximate surface area is 211 Å². The van der Waals surface area contributed by atoms with Gasteiger partial charge in [0.25, 0.3) is 11.8 Å². The summed E-state index contributed by atoms with van der Waals surface area (Å²) in [4.78, 5) is 37.7. The predicted octanol–water partition coefficient (Wildman–Crippen LogP) is 4.86. The van der Waals surface area contributed by atoms with Gasteiger partial charge in [-0.25, -0.2) is 0 Å². The zero-order valence-electron chi connectivity index (χ0n) is 19.9. The molecule has 180 valence electrons. The van der Waals surface area contributed by atoms with Crippen molar-refractivity contribution in [3.63, 3.8) is 0 Å². The van der Waals surface area contributed by atoms with Gasteiger partial charge < -0.3 is 10.6 Å². The fourth-order valence-electron chi connectivity index (χ4n) is 3.85. The minimum Gasteiger partial charge on any atom is -0.352 e. The zero-order chi connectivity index (χ0) is 25.2. The van der Waals surface area contributed by atoms with Crippen molar-refractivity contribution in [3.8, 4) is 0 Å². The lowest BCUT2D eigenvalue weighted by Crippen LogP contribution is -2.25. The SMILES string of the molecule is O=C(NCCc1ccccc1)c1ccc(C(=O)c2ccc(C(=O)NCCc3ccccc3)cc2)cc1. The number of nitrogens with one attached hydrogen (secondary N) is 2. The summed E-state index contributed by atoms with van der Waals surface area (Å²) in [5.74, 6) is -0.512. The van der Waals surface area contributed by atoms with Gasteiger partial charge in [-0.05, 0) is 48.2 Å². The topological polar surface area (TPSA) is 75.3 Å². The van der Waals surface area contributed by atoms with Crippen molar-refractivity contribution in [3.05, 3.63) is 143 Å². The highest BCUT2D eigenvalue weighted by Crippen LogP contribution is 2.13. The number of rotatable bonds is 10. The number of hydrogen-bond donors (Lipinski definition) is 2. The van der Waals surface area contributed by atoms with Crippen LogP contribution in [0.2, 0.25) is 0 Å². The van der Waals surface area contributed by atoms with Crippen LogP contribution in [-0.4, -0.2) is 30.7 Å². The van der Waals surface area contributed by atoms with E-state index in [1.807, 2.05) is 60.7 Å². The highest BCUT2D eigenvalue weighted by molar-refractivity contribution is 6.10. The normalized spacial score (nSPS) is 10.4. The molecule has 5 heteroatoms. The molecule has 36 heavy (non-hydrogen) atoms. The molecular formula is C31H28N2O3. The third kappa shape index (κ3) is 6.76. The number of amides is 2. The molecule has 0 aliphatic carbocycles. The molecule has 0 aliphatic heterocycles. The molecule has 0 spiro atoms. The van der Waals surface area contributed by atoms with E-state index in [4.69, 9.17) is 0 Å². The molecule has 4 aromatic rings. The van der Waals surface area contributed by atoms with E-state index in [2.05, 4.69) is 10.6 Å². The molecule has 0 saturated heterocycles. The van der Waals surface area contributed by atoms with Gasteiger partial charge in [0.15, 0.2) is 5.78 Å². The average molecular weight is 477 g/mol. The number of ketones is 1. The van der Waals surface area contributed by atoms with Gasteiger partial charge in [0.05, 0.1) is 0 Å². The molecule has 0 unspecified atom stereocenters. The fourth-order valence-corrected chi connectivity index (χ4v) is 3.85. The molecule has 4 rings (SSSR count). The summed E-state index contributed by atoms with van der Waals surface area (Å²) in [7, 11) is 0. The van der Waals surface area contributed by atoms with E-state index >= 15 is 0 Å². The van der Waals surface area contributed by atoms with Crippen LogP contribution in [0.1, 0.15) is 47.8 Å². The molecule has 0 radical (unpaired) electrons. The van der Waals surface area contributed by atoms with Gasteiger partial charge in [-0.1, -0.05) is 84.9 Å². The van der Waals surface area contributed by atoms with Crippen molar-refractivity contribution in [2.24, 2.45) is 0 Å². The first kappa shape index (κ1) is 24.6. The minimum absolute atomic E-state index is 0.165. The summed E-state index contributed by atoms with van der Waals surface area (Å²) in [5.41, 5.74) is 4.29. The number of benzene rings is 4. The van der Waals surface area contributed by atoms with E-state index in [9.17, 15) is 14.4 Å². The third-order valence-corrected chi connectivity index (χ3v) is 5.90. The van der Waals surface area contributed by atoms with Crippen molar-refractivity contribution in [1.29, 1.82) is 0 Å². The van der Waals surface area contributed by atoms with Crippen molar-refractivity contribution in [2.75, 3.05) is 13.1 Å². The van der Waals surface area contributed by atoms with Gasteiger partial charge in [-0.3, -0.25) is 14.4 Å².